The highest BCUT2D eigenvalue weighted by molar-refractivity contribution is 5.96. The van der Waals surface area contributed by atoms with E-state index in [-0.39, 0.29) is 11.3 Å². The SMILES string of the molecule is CC1(C)c2ccccc2-c2ccc(C(CCc3ccccc3-c3cccc4c3-c3ccccc3C4(c3ccccc3)c3ccc(-c4ccccc4)cc3)c3ccc4c(c3)C(c3ccccc3)(c3ccccc3)c3ccccc3-4)cc21. The molecule has 3 aliphatic rings. The molecule has 0 saturated carbocycles. The smallest absolute Gasteiger partial charge is 0.0622 e. The fourth-order valence-electron chi connectivity index (χ4n) is 15.0. The van der Waals surface area contributed by atoms with Gasteiger partial charge in [-0.3, -0.25) is 0 Å². The van der Waals surface area contributed by atoms with Crippen LogP contribution in [0.1, 0.15) is 98.5 Å². The van der Waals surface area contributed by atoms with Crippen LogP contribution in [-0.4, -0.2) is 0 Å². The van der Waals surface area contributed by atoms with Crippen molar-refractivity contribution in [3.63, 3.8) is 0 Å². The first-order valence-electron chi connectivity index (χ1n) is 28.6. The number of fused-ring (bicyclic) bond motifs is 9. The van der Waals surface area contributed by atoms with Crippen LogP contribution >= 0.6 is 0 Å². The minimum Gasteiger partial charge on any atom is -0.0622 e. The van der Waals surface area contributed by atoms with Gasteiger partial charge in [0.25, 0.3) is 0 Å². The third-order valence-corrected chi connectivity index (χ3v) is 18.6. The summed E-state index contributed by atoms with van der Waals surface area (Å²) in [6.45, 7) is 4.83. The molecular weight excluding hydrogens is 961 g/mol. The number of hydrogen-bond acceptors (Lipinski definition) is 0. The summed E-state index contributed by atoms with van der Waals surface area (Å²) in [5.74, 6) is 0.0953. The Balaban J connectivity index is 0.890. The van der Waals surface area contributed by atoms with Crippen LogP contribution in [0.2, 0.25) is 0 Å². The third-order valence-electron chi connectivity index (χ3n) is 18.6. The molecule has 0 N–H and O–H groups in total. The quantitative estimate of drug-likeness (QED) is 0.121. The van der Waals surface area contributed by atoms with Gasteiger partial charge in [-0.25, -0.2) is 0 Å². The molecule has 80 heavy (non-hydrogen) atoms. The molecule has 0 spiro atoms. The monoisotopic (exact) mass is 1020 g/mol. The topological polar surface area (TPSA) is 0 Å². The largest absolute Gasteiger partial charge is 0.0713 e. The van der Waals surface area contributed by atoms with Gasteiger partial charge in [-0.1, -0.05) is 311 Å². The Morgan fingerprint density at radius 1 is 0.275 bits per heavy atom. The summed E-state index contributed by atoms with van der Waals surface area (Å²) in [6, 6.07) is 113. The summed E-state index contributed by atoms with van der Waals surface area (Å²) >= 11 is 0. The summed E-state index contributed by atoms with van der Waals surface area (Å²) < 4.78 is 0. The molecule has 15 rings (SSSR count). The fourth-order valence-corrected chi connectivity index (χ4v) is 15.0. The molecule has 0 nitrogen and oxygen atoms in total. The van der Waals surface area contributed by atoms with Crippen molar-refractivity contribution in [3.05, 3.63) is 370 Å². The molecule has 0 radical (unpaired) electrons. The van der Waals surface area contributed by atoms with Crippen molar-refractivity contribution in [2.75, 3.05) is 0 Å². The van der Waals surface area contributed by atoms with Crippen LogP contribution in [0.5, 0.6) is 0 Å². The second-order valence-corrected chi connectivity index (χ2v) is 22.9. The van der Waals surface area contributed by atoms with Gasteiger partial charge in [0, 0.05) is 11.3 Å². The van der Waals surface area contributed by atoms with Gasteiger partial charge in [0.15, 0.2) is 0 Å². The molecule has 3 aliphatic carbocycles. The summed E-state index contributed by atoms with van der Waals surface area (Å²) in [6.07, 6.45) is 1.81. The minimum atomic E-state index is -0.526. The summed E-state index contributed by atoms with van der Waals surface area (Å²) in [5, 5.41) is 0. The molecule has 0 aromatic heterocycles. The molecule has 0 heteroatoms. The zero-order valence-corrected chi connectivity index (χ0v) is 45.3. The van der Waals surface area contributed by atoms with Crippen molar-refractivity contribution in [1.82, 2.24) is 0 Å². The molecule has 2 atom stereocenters. The lowest BCUT2D eigenvalue weighted by atomic mass is 9.67. The van der Waals surface area contributed by atoms with Crippen molar-refractivity contribution in [3.8, 4) is 55.6 Å². The van der Waals surface area contributed by atoms with Gasteiger partial charge in [-0.05, 0) is 141 Å². The second-order valence-electron chi connectivity index (χ2n) is 22.9. The highest BCUT2D eigenvalue weighted by atomic mass is 14.5. The number of rotatable bonds is 11. The lowest BCUT2D eigenvalue weighted by Crippen LogP contribution is -2.28. The minimum absolute atomic E-state index is 0.0953. The molecule has 0 heterocycles. The number of benzene rings is 12. The predicted molar refractivity (Wildman–Crippen MR) is 333 cm³/mol. The number of hydrogen-bond donors (Lipinski definition) is 0. The first-order chi connectivity index (χ1) is 39.5. The predicted octanol–water partition coefficient (Wildman–Crippen LogP) is 19.8. The van der Waals surface area contributed by atoms with E-state index < -0.39 is 10.8 Å². The van der Waals surface area contributed by atoms with E-state index in [0.29, 0.717) is 0 Å². The van der Waals surface area contributed by atoms with Crippen LogP contribution in [0.15, 0.2) is 297 Å². The van der Waals surface area contributed by atoms with Crippen molar-refractivity contribution in [2.45, 2.75) is 48.9 Å². The van der Waals surface area contributed by atoms with Crippen LogP contribution in [0.4, 0.5) is 0 Å². The Morgan fingerprint density at radius 3 is 1.29 bits per heavy atom. The van der Waals surface area contributed by atoms with Crippen LogP contribution in [-0.2, 0) is 22.7 Å². The second kappa shape index (κ2) is 18.9. The zero-order valence-electron chi connectivity index (χ0n) is 45.3. The van der Waals surface area contributed by atoms with E-state index in [1.165, 1.54) is 128 Å². The Kier molecular flexibility index (Phi) is 11.3. The van der Waals surface area contributed by atoms with Crippen LogP contribution in [0, 0.1) is 0 Å². The summed E-state index contributed by atoms with van der Waals surface area (Å²) in [5.41, 5.74) is 29.1. The molecule has 0 bridgehead atoms. The Labute approximate surface area is 471 Å². The van der Waals surface area contributed by atoms with E-state index >= 15 is 0 Å². The standard InChI is InChI=1S/C80H60/c1-78(2)71-38-20-17-34-65(71)67-50-45-57(52-75(67)78)63(58-46-51-68-66-35-18-21-39-72(66)80(76(68)53-58,60-29-11-5-12-30-60)61-31-13-6-14-32-61)49-44-56-26-15-16-33-64(56)69-37-23-41-74-77(69)70-36-19-22-40-73(70)79(74,59-27-9-4-10-28-59)62-47-42-55(43-48-62)54-24-7-3-8-25-54/h3-43,45-48,50-53,63H,44,49H2,1-2H3. The third kappa shape index (κ3) is 7.15. The van der Waals surface area contributed by atoms with Crippen molar-refractivity contribution >= 4 is 0 Å². The first kappa shape index (κ1) is 47.8. The van der Waals surface area contributed by atoms with E-state index in [9.17, 15) is 0 Å². The average molecular weight is 1020 g/mol. The van der Waals surface area contributed by atoms with E-state index in [0.717, 1.165) is 12.8 Å². The van der Waals surface area contributed by atoms with Crippen LogP contribution < -0.4 is 0 Å². The van der Waals surface area contributed by atoms with Crippen molar-refractivity contribution in [2.24, 2.45) is 0 Å². The maximum Gasteiger partial charge on any atom is 0.0713 e. The Morgan fingerprint density at radius 2 is 0.675 bits per heavy atom. The lowest BCUT2D eigenvalue weighted by molar-refractivity contribution is 0.654. The molecule has 0 aliphatic heterocycles. The zero-order chi connectivity index (χ0) is 53.4. The van der Waals surface area contributed by atoms with Gasteiger partial charge >= 0.3 is 0 Å². The molecule has 12 aromatic carbocycles. The van der Waals surface area contributed by atoms with Gasteiger partial charge in [0.2, 0.25) is 0 Å². The van der Waals surface area contributed by atoms with E-state index in [1.807, 2.05) is 0 Å². The van der Waals surface area contributed by atoms with Gasteiger partial charge < -0.3 is 0 Å². The first-order valence-corrected chi connectivity index (χ1v) is 28.6. The summed E-state index contributed by atoms with van der Waals surface area (Å²) in [7, 11) is 0. The van der Waals surface area contributed by atoms with Gasteiger partial charge in [-0.2, -0.15) is 0 Å². The maximum absolute atomic E-state index is 2.61. The summed E-state index contributed by atoms with van der Waals surface area (Å²) in [4.78, 5) is 0. The van der Waals surface area contributed by atoms with Crippen LogP contribution in [0.25, 0.3) is 55.6 Å². The highest BCUT2D eigenvalue weighted by Gasteiger charge is 2.48. The Bertz CT molecular complexity index is 4260. The number of aryl methyl sites for hydroxylation is 1. The van der Waals surface area contributed by atoms with E-state index in [2.05, 4.69) is 311 Å². The Hall–Kier alpha value is -9.36. The van der Waals surface area contributed by atoms with Crippen LogP contribution in [0.3, 0.4) is 0 Å². The molecule has 2 unspecified atom stereocenters. The van der Waals surface area contributed by atoms with Crippen molar-refractivity contribution in [1.29, 1.82) is 0 Å². The molecule has 12 aromatic rings. The maximum atomic E-state index is 2.61. The van der Waals surface area contributed by atoms with E-state index in [4.69, 9.17) is 0 Å². The normalized spacial score (nSPS) is 15.9. The molecular formula is C80H60. The molecule has 0 amide bonds. The molecule has 380 valence electrons. The van der Waals surface area contributed by atoms with E-state index in [1.54, 1.807) is 0 Å². The van der Waals surface area contributed by atoms with Gasteiger partial charge in [0.1, 0.15) is 0 Å². The highest BCUT2D eigenvalue weighted by Crippen LogP contribution is 2.60. The molecule has 0 saturated heterocycles. The van der Waals surface area contributed by atoms with Crippen molar-refractivity contribution < 1.29 is 0 Å². The lowest BCUT2D eigenvalue weighted by Gasteiger charge is -2.34. The van der Waals surface area contributed by atoms with Gasteiger partial charge in [0.05, 0.1) is 10.8 Å². The average Bonchev–Trinajstić information content (AvgIpc) is 4.31. The fraction of sp³-hybridized carbons (Fsp3) is 0.100. The van der Waals surface area contributed by atoms with Gasteiger partial charge in [-0.15, -0.1) is 0 Å². The molecule has 0 fully saturated rings.